The van der Waals surface area contributed by atoms with E-state index in [0.29, 0.717) is 13.2 Å². The highest BCUT2D eigenvalue weighted by molar-refractivity contribution is 5.08. The van der Waals surface area contributed by atoms with E-state index in [1.807, 2.05) is 13.8 Å². The molecule has 0 aromatic carbocycles. The Balaban J connectivity index is 2.54. The fourth-order valence-corrected chi connectivity index (χ4v) is 2.35. The van der Waals surface area contributed by atoms with Crippen LogP contribution in [0.4, 0.5) is 0 Å². The van der Waals surface area contributed by atoms with Crippen molar-refractivity contribution < 1.29 is 18.9 Å². The van der Waals surface area contributed by atoms with Gasteiger partial charge in [0.1, 0.15) is 6.10 Å². The van der Waals surface area contributed by atoms with Gasteiger partial charge in [-0.1, -0.05) is 25.7 Å². The van der Waals surface area contributed by atoms with Crippen molar-refractivity contribution in [2.75, 3.05) is 19.8 Å². The first kappa shape index (κ1) is 19.4. The third kappa shape index (κ3) is 8.75. The molecule has 128 valence electrons. The normalized spacial score (nSPS) is 19.7. The summed E-state index contributed by atoms with van der Waals surface area (Å²) in [5, 5.41) is 0. The number of rotatable bonds is 10. The number of hydrogen-bond donors (Lipinski definition) is 0. The van der Waals surface area contributed by atoms with Crippen molar-refractivity contribution in [3.05, 3.63) is 0 Å². The monoisotopic (exact) mass is 312 g/mol. The van der Waals surface area contributed by atoms with Gasteiger partial charge in [-0.25, -0.2) is 0 Å². The van der Waals surface area contributed by atoms with Crippen LogP contribution in [0.2, 0.25) is 0 Å². The van der Waals surface area contributed by atoms with Gasteiger partial charge in [0.05, 0.1) is 0 Å². The zero-order valence-corrected chi connectivity index (χ0v) is 14.4. The van der Waals surface area contributed by atoms with E-state index >= 15 is 0 Å². The quantitative estimate of drug-likeness (QED) is 0.348. The Kier molecular flexibility index (Phi) is 11.4. The summed E-state index contributed by atoms with van der Waals surface area (Å²) >= 11 is 0. The van der Waals surface area contributed by atoms with Crippen molar-refractivity contribution in [1.82, 2.24) is 0 Å². The molecule has 1 fully saturated rings. The van der Waals surface area contributed by atoms with E-state index in [0.717, 1.165) is 32.3 Å². The van der Waals surface area contributed by atoms with Gasteiger partial charge in [0.2, 0.25) is 6.29 Å². The van der Waals surface area contributed by atoms with Crippen LogP contribution < -0.4 is 0 Å². The summed E-state index contributed by atoms with van der Waals surface area (Å²) in [4.78, 5) is 0. The van der Waals surface area contributed by atoms with Crippen molar-refractivity contribution in [1.29, 1.82) is 0 Å². The Bertz CT molecular complexity index is 309. The van der Waals surface area contributed by atoms with Crippen LogP contribution in [0.25, 0.3) is 0 Å². The molecule has 1 heterocycles. The third-order valence-corrected chi connectivity index (χ3v) is 3.52. The summed E-state index contributed by atoms with van der Waals surface area (Å²) in [5.41, 5.74) is 0. The molecule has 0 bridgehead atoms. The molecule has 1 rings (SSSR count). The molecule has 0 amide bonds. The predicted octanol–water partition coefficient (Wildman–Crippen LogP) is 3.88. The Labute approximate surface area is 135 Å². The van der Waals surface area contributed by atoms with Gasteiger partial charge in [-0.15, -0.1) is 0 Å². The second-order valence-electron chi connectivity index (χ2n) is 5.45. The van der Waals surface area contributed by atoms with Gasteiger partial charge in [0.15, 0.2) is 6.29 Å². The molecule has 4 heteroatoms. The first-order valence-electron chi connectivity index (χ1n) is 8.81. The lowest BCUT2D eigenvalue weighted by atomic mass is 10.1. The Morgan fingerprint density at radius 3 is 2.41 bits per heavy atom. The van der Waals surface area contributed by atoms with E-state index in [4.69, 9.17) is 18.9 Å². The summed E-state index contributed by atoms with van der Waals surface area (Å²) in [5.74, 6) is 6.26. The summed E-state index contributed by atoms with van der Waals surface area (Å²) < 4.78 is 22.6. The second kappa shape index (κ2) is 12.9. The third-order valence-electron chi connectivity index (χ3n) is 3.52. The average Bonchev–Trinajstić information content (AvgIpc) is 2.54. The van der Waals surface area contributed by atoms with Crippen LogP contribution in [0.1, 0.15) is 65.7 Å². The van der Waals surface area contributed by atoms with Gasteiger partial charge >= 0.3 is 0 Å². The lowest BCUT2D eigenvalue weighted by molar-refractivity contribution is -0.177. The number of unbranched alkanes of at least 4 members (excludes halogenated alkanes) is 2. The van der Waals surface area contributed by atoms with Gasteiger partial charge < -0.3 is 18.9 Å². The highest BCUT2D eigenvalue weighted by Gasteiger charge is 2.18. The molecule has 0 N–H and O–H groups in total. The van der Waals surface area contributed by atoms with Crippen LogP contribution in [-0.2, 0) is 18.9 Å². The van der Waals surface area contributed by atoms with Crippen molar-refractivity contribution in [3.8, 4) is 11.8 Å². The minimum atomic E-state index is -0.459. The van der Waals surface area contributed by atoms with E-state index in [9.17, 15) is 0 Å². The van der Waals surface area contributed by atoms with E-state index in [2.05, 4.69) is 18.8 Å². The standard InChI is InChI=1S/C18H32O4/c1-4-7-8-11-16(22-18-12-9-10-15-21-18)13-14-17(19-5-2)20-6-3/h16-18H,4-12,15H2,1-3H3/t16-,18-/m1/s1. The highest BCUT2D eigenvalue weighted by Crippen LogP contribution is 2.17. The molecular formula is C18H32O4. The second-order valence-corrected chi connectivity index (χ2v) is 5.45. The molecule has 1 aliphatic rings. The molecule has 1 aliphatic heterocycles. The van der Waals surface area contributed by atoms with Crippen molar-refractivity contribution in [2.45, 2.75) is 84.4 Å². The summed E-state index contributed by atoms with van der Waals surface area (Å²) in [7, 11) is 0. The topological polar surface area (TPSA) is 36.9 Å². The lowest BCUT2D eigenvalue weighted by Gasteiger charge is -2.25. The van der Waals surface area contributed by atoms with Crippen LogP contribution in [-0.4, -0.2) is 38.5 Å². The molecule has 0 saturated carbocycles. The molecule has 0 unspecified atom stereocenters. The minimum Gasteiger partial charge on any atom is -0.353 e. The number of ether oxygens (including phenoxy) is 4. The lowest BCUT2D eigenvalue weighted by Crippen LogP contribution is -2.27. The van der Waals surface area contributed by atoms with Crippen LogP contribution >= 0.6 is 0 Å². The van der Waals surface area contributed by atoms with E-state index < -0.39 is 6.29 Å². The van der Waals surface area contributed by atoms with E-state index in [1.54, 1.807) is 0 Å². The summed E-state index contributed by atoms with van der Waals surface area (Å²) in [6, 6.07) is 0. The molecule has 1 saturated heterocycles. The Morgan fingerprint density at radius 2 is 1.82 bits per heavy atom. The van der Waals surface area contributed by atoms with Crippen LogP contribution in [0, 0.1) is 11.8 Å². The van der Waals surface area contributed by atoms with Crippen LogP contribution in [0.5, 0.6) is 0 Å². The maximum Gasteiger partial charge on any atom is 0.222 e. The fourth-order valence-electron chi connectivity index (χ4n) is 2.35. The fraction of sp³-hybridized carbons (Fsp3) is 0.889. The van der Waals surface area contributed by atoms with Gasteiger partial charge in [-0.3, -0.25) is 0 Å². The smallest absolute Gasteiger partial charge is 0.222 e. The Morgan fingerprint density at radius 1 is 1.05 bits per heavy atom. The number of hydrogen-bond acceptors (Lipinski definition) is 4. The molecule has 0 radical (unpaired) electrons. The van der Waals surface area contributed by atoms with Crippen molar-refractivity contribution >= 4 is 0 Å². The first-order valence-corrected chi connectivity index (χ1v) is 8.81. The average molecular weight is 312 g/mol. The molecule has 0 aromatic heterocycles. The van der Waals surface area contributed by atoms with Crippen molar-refractivity contribution in [2.24, 2.45) is 0 Å². The van der Waals surface area contributed by atoms with E-state index in [-0.39, 0.29) is 12.4 Å². The molecule has 0 spiro atoms. The largest absolute Gasteiger partial charge is 0.353 e. The van der Waals surface area contributed by atoms with Crippen LogP contribution in [0.15, 0.2) is 0 Å². The minimum absolute atomic E-state index is 0.0990. The molecule has 4 nitrogen and oxygen atoms in total. The zero-order chi connectivity index (χ0) is 16.0. The molecule has 0 aromatic rings. The SMILES string of the molecule is CCCCC[C@H](C#CC(OCC)OCC)O[C@@H]1CCCCO1. The van der Waals surface area contributed by atoms with Gasteiger partial charge in [-0.05, 0) is 51.9 Å². The Hall–Kier alpha value is -0.600. The highest BCUT2D eigenvalue weighted by atomic mass is 16.7. The maximum atomic E-state index is 6.04. The summed E-state index contributed by atoms with van der Waals surface area (Å²) in [6.07, 6.45) is 7.05. The predicted molar refractivity (Wildman–Crippen MR) is 87.4 cm³/mol. The zero-order valence-electron chi connectivity index (χ0n) is 14.4. The van der Waals surface area contributed by atoms with Crippen molar-refractivity contribution in [3.63, 3.8) is 0 Å². The van der Waals surface area contributed by atoms with Gasteiger partial charge in [-0.2, -0.15) is 0 Å². The first-order chi connectivity index (χ1) is 10.8. The molecular weight excluding hydrogens is 280 g/mol. The van der Waals surface area contributed by atoms with Gasteiger partial charge in [0.25, 0.3) is 0 Å². The molecule has 2 atom stereocenters. The molecule has 22 heavy (non-hydrogen) atoms. The maximum absolute atomic E-state index is 6.04. The molecule has 0 aliphatic carbocycles. The van der Waals surface area contributed by atoms with Gasteiger partial charge in [0, 0.05) is 19.8 Å². The summed E-state index contributed by atoms with van der Waals surface area (Å²) in [6.45, 7) is 8.06. The van der Waals surface area contributed by atoms with E-state index in [1.165, 1.54) is 19.3 Å². The van der Waals surface area contributed by atoms with Crippen LogP contribution in [0.3, 0.4) is 0 Å².